The van der Waals surface area contributed by atoms with E-state index < -0.39 is 0 Å². The zero-order chi connectivity index (χ0) is 18.7. The van der Waals surface area contributed by atoms with E-state index in [4.69, 9.17) is 11.6 Å². The highest BCUT2D eigenvalue weighted by Crippen LogP contribution is 2.28. The molecule has 1 atom stereocenters. The molecular weight excluding hydrogens is 346 g/mol. The third kappa shape index (κ3) is 3.81. The molecule has 0 aliphatic carbocycles. The highest BCUT2D eigenvalue weighted by atomic mass is 35.5. The summed E-state index contributed by atoms with van der Waals surface area (Å²) >= 11 is 6.32. The molecule has 134 valence electrons. The standard InChI is InChI=1S/C21H22ClN3O/c1-14(2)15(3)23-21(26)20-13-19(17-11-7-8-12-18(17)22)24-25(20)16-9-5-4-6-10-16/h4-15H,1-3H3,(H,23,26)/t15-/m0/s1. The van der Waals surface area contributed by atoms with Gasteiger partial charge in [0.2, 0.25) is 0 Å². The summed E-state index contributed by atoms with van der Waals surface area (Å²) in [7, 11) is 0. The van der Waals surface area contributed by atoms with Crippen molar-refractivity contribution in [3.05, 3.63) is 71.4 Å². The first-order valence-corrected chi connectivity index (χ1v) is 9.06. The van der Waals surface area contributed by atoms with Gasteiger partial charge in [0, 0.05) is 11.6 Å². The molecule has 0 aliphatic rings. The number of rotatable bonds is 5. The van der Waals surface area contributed by atoms with Crippen molar-refractivity contribution in [1.29, 1.82) is 0 Å². The van der Waals surface area contributed by atoms with E-state index in [2.05, 4.69) is 24.3 Å². The van der Waals surface area contributed by atoms with Crippen LogP contribution in [0, 0.1) is 5.92 Å². The first-order chi connectivity index (χ1) is 12.5. The Morgan fingerprint density at radius 2 is 1.69 bits per heavy atom. The van der Waals surface area contributed by atoms with Crippen LogP contribution in [0.3, 0.4) is 0 Å². The second-order valence-electron chi connectivity index (χ2n) is 6.65. The van der Waals surface area contributed by atoms with E-state index in [0.29, 0.717) is 22.3 Å². The fourth-order valence-electron chi connectivity index (χ4n) is 2.56. The van der Waals surface area contributed by atoms with Crippen molar-refractivity contribution in [1.82, 2.24) is 15.1 Å². The fourth-order valence-corrected chi connectivity index (χ4v) is 2.79. The molecule has 0 spiro atoms. The summed E-state index contributed by atoms with van der Waals surface area (Å²) < 4.78 is 1.67. The topological polar surface area (TPSA) is 46.9 Å². The van der Waals surface area contributed by atoms with E-state index in [0.717, 1.165) is 11.3 Å². The number of amides is 1. The molecule has 26 heavy (non-hydrogen) atoms. The van der Waals surface area contributed by atoms with Crippen LogP contribution in [0.4, 0.5) is 0 Å². The first-order valence-electron chi connectivity index (χ1n) is 8.68. The lowest BCUT2D eigenvalue weighted by atomic mass is 10.1. The Bertz CT molecular complexity index is 903. The van der Waals surface area contributed by atoms with E-state index in [1.807, 2.05) is 61.5 Å². The summed E-state index contributed by atoms with van der Waals surface area (Å²) in [5.41, 5.74) is 2.78. The number of benzene rings is 2. The Morgan fingerprint density at radius 1 is 1.04 bits per heavy atom. The minimum absolute atomic E-state index is 0.0605. The molecule has 0 aliphatic heterocycles. The normalized spacial score (nSPS) is 12.2. The van der Waals surface area contributed by atoms with Gasteiger partial charge in [-0.15, -0.1) is 0 Å². The van der Waals surface area contributed by atoms with Gasteiger partial charge >= 0.3 is 0 Å². The van der Waals surface area contributed by atoms with Crippen LogP contribution in [0.1, 0.15) is 31.3 Å². The molecule has 0 unspecified atom stereocenters. The van der Waals surface area contributed by atoms with Gasteiger partial charge in [-0.25, -0.2) is 4.68 Å². The maximum atomic E-state index is 12.9. The van der Waals surface area contributed by atoms with Crippen LogP contribution in [-0.2, 0) is 0 Å². The average Bonchev–Trinajstić information content (AvgIpc) is 3.08. The van der Waals surface area contributed by atoms with Crippen molar-refractivity contribution in [2.45, 2.75) is 26.8 Å². The monoisotopic (exact) mass is 367 g/mol. The zero-order valence-electron chi connectivity index (χ0n) is 15.1. The van der Waals surface area contributed by atoms with E-state index in [1.165, 1.54) is 0 Å². The van der Waals surface area contributed by atoms with E-state index in [9.17, 15) is 4.79 Å². The molecule has 0 radical (unpaired) electrons. The van der Waals surface area contributed by atoms with Crippen LogP contribution >= 0.6 is 11.6 Å². The van der Waals surface area contributed by atoms with Crippen LogP contribution in [0.25, 0.3) is 16.9 Å². The van der Waals surface area contributed by atoms with Crippen molar-refractivity contribution in [3.63, 3.8) is 0 Å². The molecule has 1 aromatic heterocycles. The lowest BCUT2D eigenvalue weighted by Gasteiger charge is -2.17. The van der Waals surface area contributed by atoms with Crippen LogP contribution < -0.4 is 5.32 Å². The number of halogens is 1. The summed E-state index contributed by atoms with van der Waals surface area (Å²) in [5.74, 6) is 0.191. The molecule has 0 saturated heterocycles. The van der Waals surface area contributed by atoms with Gasteiger partial charge in [0.05, 0.1) is 16.4 Å². The van der Waals surface area contributed by atoms with Crippen LogP contribution in [0.2, 0.25) is 5.02 Å². The van der Waals surface area contributed by atoms with Crippen molar-refractivity contribution >= 4 is 17.5 Å². The molecular formula is C21H22ClN3O. The van der Waals surface area contributed by atoms with E-state index in [1.54, 1.807) is 10.7 Å². The van der Waals surface area contributed by atoms with Crippen LogP contribution in [-0.4, -0.2) is 21.7 Å². The highest BCUT2D eigenvalue weighted by Gasteiger charge is 2.20. The summed E-state index contributed by atoms with van der Waals surface area (Å²) in [5, 5.41) is 8.31. The van der Waals surface area contributed by atoms with E-state index in [-0.39, 0.29) is 11.9 Å². The number of aromatic nitrogens is 2. The molecule has 1 amide bonds. The van der Waals surface area contributed by atoms with Crippen LogP contribution in [0.5, 0.6) is 0 Å². The number of hydrogen-bond acceptors (Lipinski definition) is 2. The first kappa shape index (κ1) is 18.2. The maximum Gasteiger partial charge on any atom is 0.270 e. The average molecular weight is 368 g/mol. The third-order valence-electron chi connectivity index (χ3n) is 4.45. The number of carbonyl (C=O) groups is 1. The highest BCUT2D eigenvalue weighted by molar-refractivity contribution is 6.33. The van der Waals surface area contributed by atoms with Gasteiger partial charge in [-0.1, -0.05) is 61.8 Å². The Kier molecular flexibility index (Phi) is 5.43. The molecule has 5 heteroatoms. The lowest BCUT2D eigenvalue weighted by molar-refractivity contribution is 0.0922. The van der Waals surface area contributed by atoms with Gasteiger partial charge in [0.15, 0.2) is 0 Å². The number of hydrogen-bond donors (Lipinski definition) is 1. The molecule has 3 aromatic rings. The lowest BCUT2D eigenvalue weighted by Crippen LogP contribution is -2.37. The van der Waals surface area contributed by atoms with Crippen molar-refractivity contribution in [3.8, 4) is 16.9 Å². The zero-order valence-corrected chi connectivity index (χ0v) is 15.9. The van der Waals surface area contributed by atoms with Crippen molar-refractivity contribution < 1.29 is 4.79 Å². The molecule has 3 rings (SSSR count). The van der Waals surface area contributed by atoms with Crippen molar-refractivity contribution in [2.75, 3.05) is 0 Å². The number of nitrogens with zero attached hydrogens (tertiary/aromatic N) is 2. The summed E-state index contributed by atoms with van der Waals surface area (Å²) in [6.45, 7) is 6.16. The second kappa shape index (κ2) is 7.75. The SMILES string of the molecule is CC(C)[C@H](C)NC(=O)c1cc(-c2ccccc2Cl)nn1-c1ccccc1. The van der Waals surface area contributed by atoms with Gasteiger partial charge in [-0.3, -0.25) is 4.79 Å². The largest absolute Gasteiger partial charge is 0.348 e. The Balaban J connectivity index is 2.07. The molecule has 0 saturated carbocycles. The predicted molar refractivity (Wildman–Crippen MR) is 106 cm³/mol. The minimum Gasteiger partial charge on any atom is -0.348 e. The smallest absolute Gasteiger partial charge is 0.270 e. The van der Waals surface area contributed by atoms with Gasteiger partial charge in [-0.05, 0) is 37.1 Å². The molecule has 2 aromatic carbocycles. The maximum absolute atomic E-state index is 12.9. The van der Waals surface area contributed by atoms with Crippen LogP contribution in [0.15, 0.2) is 60.7 Å². The fraction of sp³-hybridized carbons (Fsp3) is 0.238. The predicted octanol–water partition coefficient (Wildman–Crippen LogP) is 4.97. The van der Waals surface area contributed by atoms with Gasteiger partial charge in [0.25, 0.3) is 5.91 Å². The van der Waals surface area contributed by atoms with Gasteiger partial charge < -0.3 is 5.32 Å². The molecule has 1 N–H and O–H groups in total. The third-order valence-corrected chi connectivity index (χ3v) is 4.78. The van der Waals surface area contributed by atoms with Crippen molar-refractivity contribution in [2.24, 2.45) is 5.92 Å². The number of para-hydroxylation sites is 1. The quantitative estimate of drug-likeness (QED) is 0.692. The molecule has 4 nitrogen and oxygen atoms in total. The summed E-state index contributed by atoms with van der Waals surface area (Å²) in [6, 6.07) is 19.0. The summed E-state index contributed by atoms with van der Waals surface area (Å²) in [4.78, 5) is 12.9. The molecule has 0 fully saturated rings. The minimum atomic E-state index is -0.152. The Morgan fingerprint density at radius 3 is 2.35 bits per heavy atom. The molecule has 0 bridgehead atoms. The van der Waals surface area contributed by atoms with E-state index >= 15 is 0 Å². The number of carbonyl (C=O) groups excluding carboxylic acids is 1. The van der Waals surface area contributed by atoms with Gasteiger partial charge in [0.1, 0.15) is 5.69 Å². The Labute approximate surface area is 158 Å². The van der Waals surface area contributed by atoms with Gasteiger partial charge in [-0.2, -0.15) is 5.10 Å². The molecule has 1 heterocycles. The second-order valence-corrected chi connectivity index (χ2v) is 7.06. The number of nitrogens with one attached hydrogen (secondary N) is 1. The Hall–Kier alpha value is -2.59. The summed E-state index contributed by atoms with van der Waals surface area (Å²) in [6.07, 6.45) is 0.